The Labute approximate surface area is 84.1 Å². The molecule has 1 fully saturated rings. The van der Waals surface area contributed by atoms with E-state index in [4.69, 9.17) is 11.6 Å². The summed E-state index contributed by atoms with van der Waals surface area (Å²) in [4.78, 5) is 2.48. The van der Waals surface area contributed by atoms with Gasteiger partial charge < -0.3 is 0 Å². The maximum Gasteiger partial charge on any atom is 0.0404 e. The third-order valence-electron chi connectivity index (χ3n) is 1.94. The molecule has 0 bridgehead atoms. The van der Waals surface area contributed by atoms with Gasteiger partial charge in [0.05, 0.1) is 0 Å². The number of hydrogen-bond acceptors (Lipinski definition) is 2. The molecule has 0 aromatic carbocycles. The fourth-order valence-electron chi connectivity index (χ4n) is 1.34. The van der Waals surface area contributed by atoms with Crippen LogP contribution in [0.1, 0.15) is 6.92 Å². The van der Waals surface area contributed by atoms with Crippen LogP contribution in [0.4, 0.5) is 0 Å². The number of nitrogens with zero attached hydrogens (tertiary/aromatic N) is 1. The third-order valence-corrected chi connectivity index (χ3v) is 3.26. The Morgan fingerprint density at radius 1 is 1.58 bits per heavy atom. The number of rotatable bonds is 3. The molecule has 0 aromatic rings. The molecule has 1 aliphatic rings. The van der Waals surface area contributed by atoms with Crippen LogP contribution >= 0.6 is 23.4 Å². The monoisotopic (exact) mass is 205 g/mol. The summed E-state index contributed by atoms with van der Waals surface area (Å²) in [6.45, 7) is 5.80. The van der Waals surface area contributed by atoms with Crippen molar-refractivity contribution in [1.29, 1.82) is 0 Å². The summed E-state index contributed by atoms with van der Waals surface area (Å²) >= 11 is 7.61. The van der Waals surface area contributed by atoms with Crippen molar-refractivity contribution in [2.75, 3.05) is 31.3 Å². The summed E-state index contributed by atoms with van der Waals surface area (Å²) in [6.07, 6.45) is 4.18. The van der Waals surface area contributed by atoms with Crippen molar-refractivity contribution in [3.05, 3.63) is 12.2 Å². The molecule has 0 saturated carbocycles. The van der Waals surface area contributed by atoms with Crippen LogP contribution < -0.4 is 0 Å². The van der Waals surface area contributed by atoms with Crippen molar-refractivity contribution < 1.29 is 0 Å². The molecule has 0 spiro atoms. The maximum absolute atomic E-state index is 5.54. The van der Waals surface area contributed by atoms with E-state index < -0.39 is 0 Å². The predicted molar refractivity (Wildman–Crippen MR) is 58.2 cm³/mol. The highest BCUT2D eigenvalue weighted by atomic mass is 35.5. The zero-order valence-electron chi connectivity index (χ0n) is 7.50. The lowest BCUT2D eigenvalue weighted by atomic mass is 10.3. The van der Waals surface area contributed by atoms with E-state index in [1.54, 1.807) is 0 Å². The lowest BCUT2D eigenvalue weighted by Gasteiger charge is -2.29. The molecule has 1 saturated heterocycles. The van der Waals surface area contributed by atoms with Crippen LogP contribution in [0.15, 0.2) is 12.2 Å². The fourth-order valence-corrected chi connectivity index (χ4v) is 2.55. The molecule has 0 radical (unpaired) electrons. The van der Waals surface area contributed by atoms with Gasteiger partial charge in [-0.05, 0) is 0 Å². The lowest BCUT2D eigenvalue weighted by molar-refractivity contribution is 0.317. The molecule has 1 heterocycles. The minimum atomic E-state index is 0.637. The highest BCUT2D eigenvalue weighted by Crippen LogP contribution is 2.17. The van der Waals surface area contributed by atoms with Gasteiger partial charge in [-0.1, -0.05) is 19.1 Å². The topological polar surface area (TPSA) is 3.24 Å². The molecule has 0 amide bonds. The van der Waals surface area contributed by atoms with Gasteiger partial charge in [-0.25, -0.2) is 0 Å². The Morgan fingerprint density at radius 2 is 2.42 bits per heavy atom. The molecule has 1 atom stereocenters. The van der Waals surface area contributed by atoms with Gasteiger partial charge in [-0.15, -0.1) is 11.6 Å². The van der Waals surface area contributed by atoms with Gasteiger partial charge >= 0.3 is 0 Å². The van der Waals surface area contributed by atoms with Crippen LogP contribution in [0.2, 0.25) is 0 Å². The van der Waals surface area contributed by atoms with E-state index >= 15 is 0 Å². The average Bonchev–Trinajstić information content (AvgIpc) is 2.05. The largest absolute Gasteiger partial charge is 0.298 e. The van der Waals surface area contributed by atoms with E-state index in [-0.39, 0.29) is 0 Å². The van der Waals surface area contributed by atoms with Gasteiger partial charge in [0, 0.05) is 36.5 Å². The summed E-state index contributed by atoms with van der Waals surface area (Å²) in [5.41, 5.74) is 0. The summed E-state index contributed by atoms with van der Waals surface area (Å²) in [7, 11) is 0. The molecule has 1 aliphatic heterocycles. The Morgan fingerprint density at radius 3 is 3.08 bits per heavy atom. The van der Waals surface area contributed by atoms with Crippen molar-refractivity contribution >= 4 is 23.4 Å². The SMILES string of the molecule is CC1CN(C/C=C/CCl)CCS1. The van der Waals surface area contributed by atoms with Gasteiger partial charge in [-0.2, -0.15) is 11.8 Å². The predicted octanol–water partition coefficient (Wildman–Crippen LogP) is 2.22. The Bertz CT molecular complexity index is 149. The molecule has 0 aliphatic carbocycles. The number of allylic oxidation sites excluding steroid dienone is 1. The molecular weight excluding hydrogens is 190 g/mol. The molecular formula is C9H16ClNS. The molecule has 0 aromatic heterocycles. The summed E-state index contributed by atoms with van der Waals surface area (Å²) in [6, 6.07) is 0. The first kappa shape index (κ1) is 10.4. The van der Waals surface area contributed by atoms with E-state index in [0.29, 0.717) is 5.88 Å². The van der Waals surface area contributed by atoms with Gasteiger partial charge in [-0.3, -0.25) is 4.90 Å². The van der Waals surface area contributed by atoms with Crippen LogP contribution in [0.3, 0.4) is 0 Å². The summed E-state index contributed by atoms with van der Waals surface area (Å²) < 4.78 is 0. The number of halogens is 1. The number of thioether (sulfide) groups is 1. The second-order valence-electron chi connectivity index (χ2n) is 3.07. The number of alkyl halides is 1. The second-order valence-corrected chi connectivity index (χ2v) is 4.92. The van der Waals surface area contributed by atoms with E-state index in [1.165, 1.54) is 18.8 Å². The van der Waals surface area contributed by atoms with E-state index in [2.05, 4.69) is 29.7 Å². The molecule has 3 heteroatoms. The molecule has 0 N–H and O–H groups in total. The molecule has 1 unspecified atom stereocenters. The van der Waals surface area contributed by atoms with E-state index in [9.17, 15) is 0 Å². The Hall–Kier alpha value is 0.340. The maximum atomic E-state index is 5.54. The van der Waals surface area contributed by atoms with Gasteiger partial charge in [0.25, 0.3) is 0 Å². The highest BCUT2D eigenvalue weighted by Gasteiger charge is 2.14. The first-order valence-electron chi connectivity index (χ1n) is 4.38. The van der Waals surface area contributed by atoms with Gasteiger partial charge in [0.15, 0.2) is 0 Å². The minimum Gasteiger partial charge on any atom is -0.298 e. The second kappa shape index (κ2) is 5.90. The lowest BCUT2D eigenvalue weighted by Crippen LogP contribution is -2.36. The van der Waals surface area contributed by atoms with Crippen molar-refractivity contribution in [2.45, 2.75) is 12.2 Å². The van der Waals surface area contributed by atoms with Crippen LogP contribution in [0, 0.1) is 0 Å². The van der Waals surface area contributed by atoms with E-state index in [0.717, 1.165) is 11.8 Å². The van der Waals surface area contributed by atoms with Crippen molar-refractivity contribution in [1.82, 2.24) is 4.90 Å². The van der Waals surface area contributed by atoms with Crippen LogP contribution in [-0.2, 0) is 0 Å². The van der Waals surface area contributed by atoms with Crippen molar-refractivity contribution in [3.8, 4) is 0 Å². The zero-order valence-corrected chi connectivity index (χ0v) is 9.07. The highest BCUT2D eigenvalue weighted by molar-refractivity contribution is 7.99. The van der Waals surface area contributed by atoms with Crippen molar-refractivity contribution in [3.63, 3.8) is 0 Å². The fraction of sp³-hybridized carbons (Fsp3) is 0.778. The first-order chi connectivity index (χ1) is 5.83. The van der Waals surface area contributed by atoms with Gasteiger partial charge in [0.2, 0.25) is 0 Å². The normalized spacial score (nSPS) is 26.7. The Balaban J connectivity index is 2.18. The molecule has 1 nitrogen and oxygen atoms in total. The van der Waals surface area contributed by atoms with Crippen LogP contribution in [-0.4, -0.2) is 41.4 Å². The average molecular weight is 206 g/mol. The smallest absolute Gasteiger partial charge is 0.0404 e. The quantitative estimate of drug-likeness (QED) is 0.514. The van der Waals surface area contributed by atoms with Crippen LogP contribution in [0.5, 0.6) is 0 Å². The summed E-state index contributed by atoms with van der Waals surface area (Å²) in [5, 5.41) is 0.795. The van der Waals surface area contributed by atoms with E-state index in [1.807, 2.05) is 6.08 Å². The molecule has 1 rings (SSSR count). The first-order valence-corrected chi connectivity index (χ1v) is 5.96. The number of hydrogen-bond donors (Lipinski definition) is 0. The third kappa shape index (κ3) is 3.83. The molecule has 70 valence electrons. The standard InChI is InChI=1S/C9H16ClNS/c1-9-8-11(6-7-12-9)5-3-2-4-10/h2-3,9H,4-8H2,1H3/b3-2+. The van der Waals surface area contributed by atoms with Crippen molar-refractivity contribution in [2.24, 2.45) is 0 Å². The zero-order chi connectivity index (χ0) is 8.81. The molecule has 12 heavy (non-hydrogen) atoms. The Kier molecular flexibility index (Phi) is 5.12. The van der Waals surface area contributed by atoms with Crippen LogP contribution in [0.25, 0.3) is 0 Å². The van der Waals surface area contributed by atoms with Gasteiger partial charge in [0.1, 0.15) is 0 Å². The summed E-state index contributed by atoms with van der Waals surface area (Å²) in [5.74, 6) is 1.91. The minimum absolute atomic E-state index is 0.637.